The van der Waals surface area contributed by atoms with Crippen LogP contribution in [0.3, 0.4) is 0 Å². The third-order valence-electron chi connectivity index (χ3n) is 2.80. The first-order valence-electron chi connectivity index (χ1n) is 6.18. The highest BCUT2D eigenvalue weighted by molar-refractivity contribution is 5.69. The van der Waals surface area contributed by atoms with Gasteiger partial charge in [-0.15, -0.1) is 0 Å². The van der Waals surface area contributed by atoms with Gasteiger partial charge >= 0.3 is 17.9 Å². The van der Waals surface area contributed by atoms with Crippen molar-refractivity contribution in [2.75, 3.05) is 0 Å². The summed E-state index contributed by atoms with van der Waals surface area (Å²) in [5.41, 5.74) is 6.53. The molecule has 0 aromatic heterocycles. The molecule has 0 unspecified atom stereocenters. The average molecular weight is 285 g/mol. The van der Waals surface area contributed by atoms with Gasteiger partial charge in [-0.1, -0.05) is 6.08 Å². The molecule has 0 bridgehead atoms. The smallest absolute Gasteiger partial charge is 0.303 e. The number of rotatable bonds is 3. The van der Waals surface area contributed by atoms with Crippen LogP contribution in [0.1, 0.15) is 27.7 Å². The van der Waals surface area contributed by atoms with Gasteiger partial charge < -0.3 is 19.9 Å². The Hall–Kier alpha value is -1.89. The molecule has 1 aliphatic rings. The SMILES string of the molecule is CC(=O)O[C@H]1[C@H](OC(C)=O)[C@H](OC(C)=O)C(C)=C[C@H]1N. The molecular weight excluding hydrogens is 266 g/mol. The molecular formula is C13H19NO6. The molecule has 0 aliphatic heterocycles. The van der Waals surface area contributed by atoms with Gasteiger partial charge in [0.15, 0.2) is 18.3 Å². The first-order chi connectivity index (χ1) is 9.22. The van der Waals surface area contributed by atoms with Gasteiger partial charge in [-0.25, -0.2) is 0 Å². The number of carbonyl (C=O) groups is 3. The van der Waals surface area contributed by atoms with E-state index in [1.165, 1.54) is 20.8 Å². The van der Waals surface area contributed by atoms with Gasteiger partial charge in [0.1, 0.15) is 0 Å². The van der Waals surface area contributed by atoms with E-state index in [2.05, 4.69) is 0 Å². The van der Waals surface area contributed by atoms with E-state index in [-0.39, 0.29) is 0 Å². The standard InChI is InChI=1S/C13H19NO6/c1-6-5-10(14)12(19-8(3)16)13(20-9(4)17)11(6)18-7(2)15/h5,10-13H,14H2,1-4H3/t10-,11-,12-,13-/m1/s1. The molecule has 2 N–H and O–H groups in total. The normalized spacial score (nSPS) is 29.1. The zero-order valence-corrected chi connectivity index (χ0v) is 11.9. The summed E-state index contributed by atoms with van der Waals surface area (Å²) in [5.74, 6) is -1.67. The Kier molecular flexibility index (Phi) is 5.26. The van der Waals surface area contributed by atoms with Crippen LogP contribution in [0, 0.1) is 0 Å². The largest absolute Gasteiger partial charge is 0.456 e. The molecule has 0 saturated carbocycles. The van der Waals surface area contributed by atoms with E-state index < -0.39 is 42.3 Å². The highest BCUT2D eigenvalue weighted by atomic mass is 16.6. The molecule has 1 rings (SSSR count). The van der Waals surface area contributed by atoms with Crippen molar-refractivity contribution in [3.63, 3.8) is 0 Å². The Morgan fingerprint density at radius 1 is 0.950 bits per heavy atom. The van der Waals surface area contributed by atoms with Crippen LogP contribution in [0.4, 0.5) is 0 Å². The van der Waals surface area contributed by atoms with Gasteiger partial charge in [-0.3, -0.25) is 14.4 Å². The molecule has 0 amide bonds. The maximum atomic E-state index is 11.2. The predicted octanol–water partition coefficient (Wildman–Crippen LogP) is 0.0687. The molecule has 0 saturated heterocycles. The monoisotopic (exact) mass is 285 g/mol. The van der Waals surface area contributed by atoms with E-state index >= 15 is 0 Å². The van der Waals surface area contributed by atoms with Crippen LogP contribution >= 0.6 is 0 Å². The quantitative estimate of drug-likeness (QED) is 0.444. The van der Waals surface area contributed by atoms with Crippen LogP contribution in [-0.4, -0.2) is 42.3 Å². The number of hydrogen-bond donors (Lipinski definition) is 1. The highest BCUT2D eigenvalue weighted by Gasteiger charge is 2.44. The summed E-state index contributed by atoms with van der Waals surface area (Å²) >= 11 is 0. The Balaban J connectivity index is 3.10. The first kappa shape index (κ1) is 16.2. The molecule has 0 radical (unpaired) electrons. The van der Waals surface area contributed by atoms with Gasteiger partial charge in [0.05, 0.1) is 6.04 Å². The minimum absolute atomic E-state index is 0.531. The van der Waals surface area contributed by atoms with Crippen molar-refractivity contribution in [3.05, 3.63) is 11.6 Å². The highest BCUT2D eigenvalue weighted by Crippen LogP contribution is 2.27. The van der Waals surface area contributed by atoms with E-state index in [4.69, 9.17) is 19.9 Å². The number of carbonyl (C=O) groups excluding carboxylic acids is 3. The van der Waals surface area contributed by atoms with E-state index in [1.807, 2.05) is 0 Å². The molecule has 0 fully saturated rings. The fraction of sp³-hybridized carbons (Fsp3) is 0.615. The second-order valence-electron chi connectivity index (χ2n) is 4.67. The second-order valence-corrected chi connectivity index (χ2v) is 4.67. The number of ether oxygens (including phenoxy) is 3. The summed E-state index contributed by atoms with van der Waals surface area (Å²) < 4.78 is 15.4. The summed E-state index contributed by atoms with van der Waals surface area (Å²) in [7, 11) is 0. The Morgan fingerprint density at radius 2 is 1.40 bits per heavy atom. The third kappa shape index (κ3) is 4.06. The lowest BCUT2D eigenvalue weighted by molar-refractivity contribution is -0.182. The zero-order valence-electron chi connectivity index (χ0n) is 11.9. The van der Waals surface area contributed by atoms with Crippen molar-refractivity contribution < 1.29 is 28.6 Å². The minimum atomic E-state index is -0.958. The van der Waals surface area contributed by atoms with Crippen molar-refractivity contribution in [2.45, 2.75) is 52.0 Å². The minimum Gasteiger partial charge on any atom is -0.456 e. The van der Waals surface area contributed by atoms with Gasteiger partial charge in [0.25, 0.3) is 0 Å². The Bertz CT molecular complexity index is 444. The Labute approximate surface area is 117 Å². The fourth-order valence-electron chi connectivity index (χ4n) is 2.14. The number of nitrogens with two attached hydrogens (primary N) is 1. The topological polar surface area (TPSA) is 105 Å². The van der Waals surface area contributed by atoms with Crippen molar-refractivity contribution in [1.82, 2.24) is 0 Å². The Morgan fingerprint density at radius 3 is 1.85 bits per heavy atom. The van der Waals surface area contributed by atoms with Gasteiger partial charge in [-0.2, -0.15) is 0 Å². The molecule has 112 valence electrons. The molecule has 0 aromatic rings. The zero-order chi connectivity index (χ0) is 15.4. The maximum Gasteiger partial charge on any atom is 0.303 e. The first-order valence-corrected chi connectivity index (χ1v) is 6.18. The number of hydrogen-bond acceptors (Lipinski definition) is 7. The summed E-state index contributed by atoms with van der Waals surface area (Å²) in [6.45, 7) is 5.39. The average Bonchev–Trinajstić information content (AvgIpc) is 2.27. The van der Waals surface area contributed by atoms with Gasteiger partial charge in [0.2, 0.25) is 0 Å². The van der Waals surface area contributed by atoms with Crippen LogP contribution in [0.2, 0.25) is 0 Å². The van der Waals surface area contributed by atoms with E-state index in [9.17, 15) is 14.4 Å². The summed E-state index contributed by atoms with van der Waals surface area (Å²) in [5, 5.41) is 0. The van der Waals surface area contributed by atoms with Crippen molar-refractivity contribution in [1.29, 1.82) is 0 Å². The van der Waals surface area contributed by atoms with Gasteiger partial charge in [-0.05, 0) is 12.5 Å². The number of esters is 3. The van der Waals surface area contributed by atoms with E-state index in [1.54, 1.807) is 13.0 Å². The molecule has 4 atom stereocenters. The van der Waals surface area contributed by atoms with Crippen LogP contribution < -0.4 is 5.73 Å². The van der Waals surface area contributed by atoms with Gasteiger partial charge in [0, 0.05) is 20.8 Å². The molecule has 0 aromatic carbocycles. The van der Waals surface area contributed by atoms with Crippen molar-refractivity contribution in [3.8, 4) is 0 Å². The van der Waals surface area contributed by atoms with Crippen LogP contribution in [-0.2, 0) is 28.6 Å². The maximum absolute atomic E-state index is 11.2. The third-order valence-corrected chi connectivity index (χ3v) is 2.80. The summed E-state index contributed by atoms with van der Waals surface area (Å²) in [4.78, 5) is 33.5. The predicted molar refractivity (Wildman–Crippen MR) is 68.4 cm³/mol. The molecule has 1 aliphatic carbocycles. The van der Waals surface area contributed by atoms with E-state index in [0.29, 0.717) is 5.57 Å². The molecule has 7 nitrogen and oxygen atoms in total. The van der Waals surface area contributed by atoms with Crippen LogP contribution in [0.5, 0.6) is 0 Å². The van der Waals surface area contributed by atoms with Crippen LogP contribution in [0.25, 0.3) is 0 Å². The fourth-order valence-corrected chi connectivity index (χ4v) is 2.14. The lowest BCUT2D eigenvalue weighted by Gasteiger charge is -2.38. The molecule has 7 heteroatoms. The van der Waals surface area contributed by atoms with Crippen molar-refractivity contribution in [2.24, 2.45) is 5.73 Å². The summed E-state index contributed by atoms with van der Waals surface area (Å²) in [6, 6.07) is -0.643. The molecule has 0 spiro atoms. The second kappa shape index (κ2) is 6.51. The van der Waals surface area contributed by atoms with Crippen molar-refractivity contribution >= 4 is 17.9 Å². The van der Waals surface area contributed by atoms with Crippen LogP contribution in [0.15, 0.2) is 11.6 Å². The lowest BCUT2D eigenvalue weighted by Crippen LogP contribution is -2.56. The summed E-state index contributed by atoms with van der Waals surface area (Å²) in [6.07, 6.45) is -1.05. The molecule has 0 heterocycles. The van der Waals surface area contributed by atoms with E-state index in [0.717, 1.165) is 0 Å². The lowest BCUT2D eigenvalue weighted by atomic mass is 9.88. The molecule has 20 heavy (non-hydrogen) atoms.